The molecule has 2 aromatic carbocycles. The van der Waals surface area contributed by atoms with Crippen LogP contribution >= 0.6 is 11.3 Å². The van der Waals surface area contributed by atoms with E-state index in [2.05, 4.69) is 10.3 Å². The van der Waals surface area contributed by atoms with E-state index in [4.69, 9.17) is 15.2 Å². The van der Waals surface area contributed by atoms with Gasteiger partial charge in [0.2, 0.25) is 6.79 Å². The van der Waals surface area contributed by atoms with Crippen molar-refractivity contribution in [3.63, 3.8) is 0 Å². The molecule has 0 spiro atoms. The van der Waals surface area contributed by atoms with E-state index in [-0.39, 0.29) is 12.7 Å². The van der Waals surface area contributed by atoms with Gasteiger partial charge < -0.3 is 20.5 Å². The van der Waals surface area contributed by atoms with Gasteiger partial charge in [-0.2, -0.15) is 0 Å². The van der Waals surface area contributed by atoms with Crippen LogP contribution in [0.4, 0.5) is 11.4 Å². The van der Waals surface area contributed by atoms with Crippen LogP contribution in [0.1, 0.15) is 9.67 Å². The van der Waals surface area contributed by atoms with Gasteiger partial charge in [0.25, 0.3) is 5.91 Å². The minimum atomic E-state index is -0.241. The molecule has 1 aliphatic heterocycles. The van der Waals surface area contributed by atoms with Gasteiger partial charge in [-0.25, -0.2) is 4.98 Å². The van der Waals surface area contributed by atoms with E-state index in [1.165, 1.54) is 11.3 Å². The number of nitrogens with zero attached hydrogens (tertiary/aromatic N) is 1. The molecule has 0 fully saturated rings. The first-order chi connectivity index (χ1) is 12.7. The number of benzene rings is 2. The molecule has 0 saturated carbocycles. The second-order valence-electron chi connectivity index (χ2n) is 5.90. The van der Waals surface area contributed by atoms with E-state index in [9.17, 15) is 4.79 Å². The number of fused-ring (bicyclic) bond motifs is 3. The highest BCUT2D eigenvalue weighted by Crippen LogP contribution is 2.39. The van der Waals surface area contributed by atoms with Gasteiger partial charge in [-0.3, -0.25) is 4.79 Å². The minimum absolute atomic E-state index is 0.214. The zero-order valence-corrected chi connectivity index (χ0v) is 14.3. The third-order valence-corrected chi connectivity index (χ3v) is 5.36. The molecule has 0 saturated heterocycles. The molecule has 4 aromatic rings. The highest BCUT2D eigenvalue weighted by molar-refractivity contribution is 7.21. The maximum absolute atomic E-state index is 12.6. The Balaban J connectivity index is 1.60. The maximum atomic E-state index is 12.6. The van der Waals surface area contributed by atoms with Gasteiger partial charge in [0.05, 0.1) is 11.2 Å². The van der Waals surface area contributed by atoms with Gasteiger partial charge in [-0.15, -0.1) is 11.3 Å². The number of carbonyl (C=O) groups excluding carboxylic acids is 1. The van der Waals surface area contributed by atoms with Crippen LogP contribution in [0.2, 0.25) is 0 Å². The topological polar surface area (TPSA) is 86.5 Å². The standard InChI is InChI=1S/C19H13N3O3S/c20-16-12-6-10-7-14-15(25-9-24-14)8-13(10)22-19(12)26-17(16)18(23)21-11-4-2-1-3-5-11/h1-8H,9,20H2,(H,21,23). The van der Waals surface area contributed by atoms with E-state index in [0.29, 0.717) is 26.9 Å². The van der Waals surface area contributed by atoms with E-state index in [1.807, 2.05) is 48.5 Å². The Morgan fingerprint density at radius 1 is 1.12 bits per heavy atom. The minimum Gasteiger partial charge on any atom is -0.454 e. The second-order valence-corrected chi connectivity index (χ2v) is 6.90. The van der Waals surface area contributed by atoms with Crippen molar-refractivity contribution < 1.29 is 14.3 Å². The van der Waals surface area contributed by atoms with Crippen LogP contribution in [0.3, 0.4) is 0 Å². The fourth-order valence-corrected chi connectivity index (χ4v) is 3.95. The largest absolute Gasteiger partial charge is 0.454 e. The summed E-state index contributed by atoms with van der Waals surface area (Å²) in [5.41, 5.74) is 8.18. The summed E-state index contributed by atoms with van der Waals surface area (Å²) in [5.74, 6) is 1.13. The lowest BCUT2D eigenvalue weighted by Gasteiger charge is -2.03. The average molecular weight is 363 g/mol. The molecule has 5 rings (SSSR count). The lowest BCUT2D eigenvalue weighted by atomic mass is 10.1. The summed E-state index contributed by atoms with van der Waals surface area (Å²) in [4.78, 5) is 18.4. The molecule has 0 bridgehead atoms. The molecule has 0 unspecified atom stereocenters. The zero-order valence-electron chi connectivity index (χ0n) is 13.5. The quantitative estimate of drug-likeness (QED) is 0.562. The van der Waals surface area contributed by atoms with E-state index in [1.54, 1.807) is 0 Å². The van der Waals surface area contributed by atoms with Crippen molar-refractivity contribution >= 4 is 49.7 Å². The number of amides is 1. The van der Waals surface area contributed by atoms with Crippen molar-refractivity contribution in [2.75, 3.05) is 17.8 Å². The zero-order chi connectivity index (χ0) is 17.7. The maximum Gasteiger partial charge on any atom is 0.267 e. The molecule has 1 aliphatic rings. The fourth-order valence-electron chi connectivity index (χ4n) is 2.97. The monoisotopic (exact) mass is 363 g/mol. The van der Waals surface area contributed by atoms with E-state index < -0.39 is 0 Å². The fraction of sp³-hybridized carbons (Fsp3) is 0.0526. The summed E-state index contributed by atoms with van der Waals surface area (Å²) in [6.07, 6.45) is 0. The van der Waals surface area contributed by atoms with Crippen molar-refractivity contribution in [3.05, 3.63) is 53.4 Å². The molecule has 128 valence electrons. The first kappa shape index (κ1) is 15.0. The number of rotatable bonds is 2. The summed E-state index contributed by atoms with van der Waals surface area (Å²) >= 11 is 1.28. The van der Waals surface area contributed by atoms with Crippen molar-refractivity contribution in [2.45, 2.75) is 0 Å². The summed E-state index contributed by atoms with van der Waals surface area (Å²) in [7, 11) is 0. The van der Waals surface area contributed by atoms with Gasteiger partial charge in [-0.05, 0) is 24.3 Å². The predicted molar refractivity (Wildman–Crippen MR) is 102 cm³/mol. The van der Waals surface area contributed by atoms with Crippen molar-refractivity contribution in [1.29, 1.82) is 0 Å². The summed E-state index contributed by atoms with van der Waals surface area (Å²) in [6, 6.07) is 14.9. The Labute approximate surface area is 152 Å². The highest BCUT2D eigenvalue weighted by Gasteiger charge is 2.20. The van der Waals surface area contributed by atoms with Crippen LogP contribution in [0.25, 0.3) is 21.1 Å². The summed E-state index contributed by atoms with van der Waals surface area (Å²) in [5, 5.41) is 4.52. The van der Waals surface area contributed by atoms with E-state index >= 15 is 0 Å². The van der Waals surface area contributed by atoms with Crippen LogP contribution in [-0.2, 0) is 0 Å². The Morgan fingerprint density at radius 3 is 2.69 bits per heavy atom. The summed E-state index contributed by atoms with van der Waals surface area (Å²) in [6.45, 7) is 0.214. The molecule has 1 amide bonds. The van der Waals surface area contributed by atoms with Crippen LogP contribution in [0.15, 0.2) is 48.5 Å². The SMILES string of the molecule is Nc1c(C(=O)Nc2ccccc2)sc2nc3cc4c(cc3cc12)OCO4. The third-order valence-electron chi connectivity index (χ3n) is 4.25. The van der Waals surface area contributed by atoms with Crippen LogP contribution in [-0.4, -0.2) is 17.7 Å². The molecule has 0 radical (unpaired) electrons. The third kappa shape index (κ3) is 2.33. The normalized spacial score (nSPS) is 12.6. The molecule has 7 heteroatoms. The number of hydrogen-bond acceptors (Lipinski definition) is 6. The molecular formula is C19H13N3O3S. The Hall–Kier alpha value is -3.32. The van der Waals surface area contributed by atoms with Crippen LogP contribution in [0, 0.1) is 0 Å². The van der Waals surface area contributed by atoms with Crippen LogP contribution in [0.5, 0.6) is 11.5 Å². The Bertz CT molecular complexity index is 1170. The van der Waals surface area contributed by atoms with Gasteiger partial charge in [0.1, 0.15) is 9.71 Å². The molecule has 0 aliphatic carbocycles. The molecule has 0 atom stereocenters. The number of ether oxygens (including phenoxy) is 2. The molecule has 3 N–H and O–H groups in total. The number of hydrogen-bond donors (Lipinski definition) is 2. The number of carbonyl (C=O) groups is 1. The van der Waals surface area contributed by atoms with Crippen LogP contribution < -0.4 is 20.5 Å². The van der Waals surface area contributed by atoms with Gasteiger partial charge in [0, 0.05) is 22.5 Å². The van der Waals surface area contributed by atoms with Crippen molar-refractivity contribution in [1.82, 2.24) is 4.98 Å². The number of nitrogens with one attached hydrogen (secondary N) is 1. The lowest BCUT2D eigenvalue weighted by Crippen LogP contribution is -2.11. The van der Waals surface area contributed by atoms with Gasteiger partial charge in [0.15, 0.2) is 11.5 Å². The second kappa shape index (κ2) is 5.60. The summed E-state index contributed by atoms with van der Waals surface area (Å²) < 4.78 is 10.8. The van der Waals surface area contributed by atoms with Gasteiger partial charge >= 0.3 is 0 Å². The Kier molecular flexibility index (Phi) is 3.23. The number of pyridine rings is 1. The van der Waals surface area contributed by atoms with Crippen molar-refractivity contribution in [3.8, 4) is 11.5 Å². The number of aromatic nitrogens is 1. The first-order valence-corrected chi connectivity index (χ1v) is 8.79. The molecule has 6 nitrogen and oxygen atoms in total. The van der Waals surface area contributed by atoms with Crippen molar-refractivity contribution in [2.24, 2.45) is 0 Å². The Morgan fingerprint density at radius 2 is 1.88 bits per heavy atom. The highest BCUT2D eigenvalue weighted by atomic mass is 32.1. The number of para-hydroxylation sites is 1. The number of anilines is 2. The smallest absolute Gasteiger partial charge is 0.267 e. The predicted octanol–water partition coefficient (Wildman–Crippen LogP) is 4.01. The molecule has 26 heavy (non-hydrogen) atoms. The van der Waals surface area contributed by atoms with Gasteiger partial charge in [-0.1, -0.05) is 18.2 Å². The number of nitrogen functional groups attached to an aromatic ring is 1. The molecule has 2 aromatic heterocycles. The first-order valence-electron chi connectivity index (χ1n) is 7.98. The average Bonchev–Trinajstić information content (AvgIpc) is 3.23. The number of thiophene rings is 1. The molecule has 3 heterocycles. The van der Waals surface area contributed by atoms with E-state index in [0.717, 1.165) is 22.0 Å². The number of nitrogens with two attached hydrogens (primary N) is 1. The molecular weight excluding hydrogens is 350 g/mol. The lowest BCUT2D eigenvalue weighted by molar-refractivity contribution is 0.103.